The number of nitrogens with one attached hydrogen (secondary N) is 1. The molecular formula is C26H22N2O5S. The number of thiophene rings is 1. The molecule has 5 rings (SSSR count). The van der Waals surface area contributed by atoms with Gasteiger partial charge in [-0.2, -0.15) is 0 Å². The van der Waals surface area contributed by atoms with Gasteiger partial charge in [0.25, 0.3) is 5.91 Å². The second-order valence-corrected chi connectivity index (χ2v) is 8.64. The van der Waals surface area contributed by atoms with E-state index in [4.69, 9.17) is 14.0 Å². The van der Waals surface area contributed by atoms with Crippen LogP contribution in [-0.2, 0) is 17.6 Å². The SMILES string of the molecule is CCOC(=O)c1c(-c2ccccc2)csc1NC(=O)c1noc2c1CCc1cc(OC)ccc1-2. The normalized spacial score (nSPS) is 11.9. The quantitative estimate of drug-likeness (QED) is 0.366. The lowest BCUT2D eigenvalue weighted by atomic mass is 9.89. The van der Waals surface area contributed by atoms with Crippen LogP contribution in [0.25, 0.3) is 22.5 Å². The first-order valence-corrected chi connectivity index (χ1v) is 11.8. The van der Waals surface area contributed by atoms with E-state index in [9.17, 15) is 9.59 Å². The van der Waals surface area contributed by atoms with Crippen LogP contribution in [-0.4, -0.2) is 30.7 Å². The van der Waals surface area contributed by atoms with Gasteiger partial charge in [-0.3, -0.25) is 4.79 Å². The zero-order chi connectivity index (χ0) is 23.7. The number of ether oxygens (including phenoxy) is 2. The summed E-state index contributed by atoms with van der Waals surface area (Å²) in [5.41, 5.74) is 4.89. The van der Waals surface area contributed by atoms with Crippen LogP contribution in [0.15, 0.2) is 58.4 Å². The molecule has 0 aliphatic heterocycles. The highest BCUT2D eigenvalue weighted by Gasteiger charge is 2.30. The summed E-state index contributed by atoms with van der Waals surface area (Å²) in [6.07, 6.45) is 1.36. The highest BCUT2D eigenvalue weighted by molar-refractivity contribution is 7.15. The first-order valence-electron chi connectivity index (χ1n) is 10.9. The summed E-state index contributed by atoms with van der Waals surface area (Å²) < 4.78 is 16.2. The summed E-state index contributed by atoms with van der Waals surface area (Å²) in [7, 11) is 1.63. The largest absolute Gasteiger partial charge is 0.497 e. The number of carbonyl (C=O) groups is 2. The van der Waals surface area contributed by atoms with Gasteiger partial charge in [0.05, 0.1) is 13.7 Å². The Hall–Kier alpha value is -3.91. The molecule has 1 N–H and O–H groups in total. The summed E-state index contributed by atoms with van der Waals surface area (Å²) in [6, 6.07) is 15.3. The molecule has 0 atom stereocenters. The molecule has 0 fully saturated rings. The van der Waals surface area contributed by atoms with Crippen LogP contribution in [0.3, 0.4) is 0 Å². The van der Waals surface area contributed by atoms with E-state index in [1.807, 2.05) is 53.9 Å². The number of aryl methyl sites for hydroxylation is 1. The standard InChI is InChI=1S/C26H22N2O5S/c1-3-32-26(30)21-20(15-7-5-4-6-8-15)14-34-25(21)27-24(29)22-19-11-9-16-13-17(31-2)10-12-18(16)23(19)33-28-22/h4-8,10,12-14H,3,9,11H2,1-2H3,(H,27,29). The van der Waals surface area contributed by atoms with E-state index >= 15 is 0 Å². The lowest BCUT2D eigenvalue weighted by Crippen LogP contribution is -2.17. The number of hydrogen-bond donors (Lipinski definition) is 1. The number of anilines is 1. The first-order chi connectivity index (χ1) is 16.6. The van der Waals surface area contributed by atoms with Crippen molar-refractivity contribution in [2.24, 2.45) is 0 Å². The second kappa shape index (κ2) is 9.15. The molecule has 4 aromatic rings. The average molecular weight is 475 g/mol. The fourth-order valence-electron chi connectivity index (χ4n) is 4.16. The van der Waals surface area contributed by atoms with E-state index in [0.717, 1.165) is 34.4 Å². The van der Waals surface area contributed by atoms with Crippen LogP contribution in [0.4, 0.5) is 5.00 Å². The zero-order valence-corrected chi connectivity index (χ0v) is 19.5. The third kappa shape index (κ3) is 3.86. The van der Waals surface area contributed by atoms with Crippen molar-refractivity contribution in [2.45, 2.75) is 19.8 Å². The van der Waals surface area contributed by atoms with E-state index < -0.39 is 11.9 Å². The number of rotatable bonds is 6. The summed E-state index contributed by atoms with van der Waals surface area (Å²) >= 11 is 1.28. The molecule has 8 heteroatoms. The Bertz CT molecular complexity index is 1370. The van der Waals surface area contributed by atoms with E-state index in [0.29, 0.717) is 28.3 Å². The zero-order valence-electron chi connectivity index (χ0n) is 18.7. The third-order valence-electron chi connectivity index (χ3n) is 5.79. The smallest absolute Gasteiger partial charge is 0.341 e. The van der Waals surface area contributed by atoms with E-state index in [1.165, 1.54) is 11.3 Å². The van der Waals surface area contributed by atoms with E-state index in [1.54, 1.807) is 14.0 Å². The highest BCUT2D eigenvalue weighted by Crippen LogP contribution is 2.39. The molecule has 1 aliphatic rings. The maximum absolute atomic E-state index is 13.2. The molecule has 34 heavy (non-hydrogen) atoms. The molecule has 0 bridgehead atoms. The van der Waals surface area contributed by atoms with Crippen molar-refractivity contribution in [1.82, 2.24) is 5.16 Å². The maximum Gasteiger partial charge on any atom is 0.341 e. The Morgan fingerprint density at radius 3 is 2.71 bits per heavy atom. The van der Waals surface area contributed by atoms with Crippen LogP contribution in [0, 0.1) is 0 Å². The predicted octanol–water partition coefficient (Wildman–Crippen LogP) is 5.61. The lowest BCUT2D eigenvalue weighted by molar-refractivity contribution is 0.0529. The molecule has 0 saturated carbocycles. The Morgan fingerprint density at radius 1 is 1.12 bits per heavy atom. The van der Waals surface area contributed by atoms with Crippen LogP contribution < -0.4 is 10.1 Å². The number of nitrogens with zero attached hydrogens (tertiary/aromatic N) is 1. The Morgan fingerprint density at radius 2 is 1.94 bits per heavy atom. The van der Waals surface area contributed by atoms with Crippen molar-refractivity contribution >= 4 is 28.2 Å². The number of methoxy groups -OCH3 is 1. The van der Waals surface area contributed by atoms with Crippen LogP contribution in [0.5, 0.6) is 5.75 Å². The van der Waals surface area contributed by atoms with Gasteiger partial charge in [-0.15, -0.1) is 11.3 Å². The Balaban J connectivity index is 1.47. The van der Waals surface area contributed by atoms with Gasteiger partial charge in [-0.05, 0) is 49.1 Å². The van der Waals surface area contributed by atoms with Gasteiger partial charge in [0, 0.05) is 22.1 Å². The average Bonchev–Trinajstić information content (AvgIpc) is 3.49. The number of carbonyl (C=O) groups excluding carboxylic acids is 2. The van der Waals surface area contributed by atoms with Gasteiger partial charge in [0.2, 0.25) is 0 Å². The predicted molar refractivity (Wildman–Crippen MR) is 130 cm³/mol. The molecule has 1 aliphatic carbocycles. The second-order valence-electron chi connectivity index (χ2n) is 7.76. The molecule has 7 nitrogen and oxygen atoms in total. The topological polar surface area (TPSA) is 90.7 Å². The maximum atomic E-state index is 13.2. The number of esters is 1. The molecule has 0 saturated heterocycles. The molecule has 172 valence electrons. The molecule has 1 amide bonds. The van der Waals surface area contributed by atoms with Gasteiger partial charge < -0.3 is 19.3 Å². The van der Waals surface area contributed by atoms with Crippen molar-refractivity contribution in [3.63, 3.8) is 0 Å². The van der Waals surface area contributed by atoms with Gasteiger partial charge in [0.1, 0.15) is 16.3 Å². The summed E-state index contributed by atoms with van der Waals surface area (Å²) in [4.78, 5) is 26.0. The van der Waals surface area contributed by atoms with Crippen molar-refractivity contribution in [2.75, 3.05) is 19.0 Å². The number of fused-ring (bicyclic) bond motifs is 3. The summed E-state index contributed by atoms with van der Waals surface area (Å²) in [5, 5.41) is 9.22. The number of aromatic nitrogens is 1. The minimum absolute atomic E-state index is 0.223. The van der Waals surface area contributed by atoms with Crippen LogP contribution in [0.2, 0.25) is 0 Å². The van der Waals surface area contributed by atoms with Gasteiger partial charge >= 0.3 is 5.97 Å². The molecule has 0 radical (unpaired) electrons. The molecular weight excluding hydrogens is 452 g/mol. The van der Waals surface area contributed by atoms with Gasteiger partial charge in [-0.25, -0.2) is 4.79 Å². The molecule has 2 heterocycles. The summed E-state index contributed by atoms with van der Waals surface area (Å²) in [6.45, 7) is 1.98. The van der Waals surface area contributed by atoms with Crippen LogP contribution in [0.1, 0.15) is 38.9 Å². The monoisotopic (exact) mass is 474 g/mol. The highest BCUT2D eigenvalue weighted by atomic mass is 32.1. The number of hydrogen-bond acceptors (Lipinski definition) is 7. The molecule has 0 spiro atoms. The minimum atomic E-state index is -0.483. The lowest BCUT2D eigenvalue weighted by Gasteiger charge is -2.15. The summed E-state index contributed by atoms with van der Waals surface area (Å²) in [5.74, 6) is 0.464. The fourth-order valence-corrected chi connectivity index (χ4v) is 5.12. The van der Waals surface area contributed by atoms with Crippen molar-refractivity contribution in [3.05, 3.63) is 76.3 Å². The molecule has 2 aromatic carbocycles. The molecule has 2 aromatic heterocycles. The Kier molecular flexibility index (Phi) is 5.90. The van der Waals surface area contributed by atoms with E-state index in [-0.39, 0.29) is 12.3 Å². The number of amides is 1. The fraction of sp³-hybridized carbons (Fsp3) is 0.192. The minimum Gasteiger partial charge on any atom is -0.497 e. The van der Waals surface area contributed by atoms with Gasteiger partial charge in [0.15, 0.2) is 11.5 Å². The van der Waals surface area contributed by atoms with E-state index in [2.05, 4.69) is 10.5 Å². The molecule has 0 unspecified atom stereocenters. The van der Waals surface area contributed by atoms with Crippen molar-refractivity contribution in [1.29, 1.82) is 0 Å². The van der Waals surface area contributed by atoms with Gasteiger partial charge in [-0.1, -0.05) is 35.5 Å². The number of benzene rings is 2. The van der Waals surface area contributed by atoms with Crippen molar-refractivity contribution in [3.8, 4) is 28.2 Å². The Labute approximate surface area is 200 Å². The van der Waals surface area contributed by atoms with Crippen LogP contribution >= 0.6 is 11.3 Å². The third-order valence-corrected chi connectivity index (χ3v) is 6.68. The van der Waals surface area contributed by atoms with Crippen molar-refractivity contribution < 1.29 is 23.6 Å². The first kappa shape index (κ1) is 21.9.